The lowest BCUT2D eigenvalue weighted by Gasteiger charge is -2.41. The SMILES string of the molecule is CC1=C(C(=O)N2CCN(c3cccc(C(F)(F)F)c3)CC2)C2(C=CN(C3CCCOC3)CC2)OC1=O. The Balaban J connectivity index is 1.29. The number of benzene rings is 1. The number of hydrogen-bond acceptors (Lipinski definition) is 6. The van der Waals surface area contributed by atoms with Gasteiger partial charge in [-0.1, -0.05) is 6.07 Å². The minimum atomic E-state index is -4.41. The number of rotatable bonds is 3. The van der Waals surface area contributed by atoms with Crippen molar-refractivity contribution in [3.05, 3.63) is 53.3 Å². The van der Waals surface area contributed by atoms with E-state index in [2.05, 4.69) is 4.90 Å². The molecule has 1 spiro atoms. The number of ether oxygens (including phenoxy) is 2. The molecule has 7 nitrogen and oxygen atoms in total. The van der Waals surface area contributed by atoms with Crippen molar-refractivity contribution in [1.82, 2.24) is 9.80 Å². The summed E-state index contributed by atoms with van der Waals surface area (Å²) < 4.78 is 50.7. The van der Waals surface area contributed by atoms with Crippen molar-refractivity contribution in [2.24, 2.45) is 0 Å². The fraction of sp³-hybridized carbons (Fsp3) is 0.538. The molecule has 36 heavy (non-hydrogen) atoms. The molecular weight excluding hydrogens is 475 g/mol. The van der Waals surface area contributed by atoms with Crippen LogP contribution in [0.5, 0.6) is 0 Å². The van der Waals surface area contributed by atoms with Gasteiger partial charge in [-0.05, 0) is 50.2 Å². The summed E-state index contributed by atoms with van der Waals surface area (Å²) in [7, 11) is 0. The third-order valence-corrected chi connectivity index (χ3v) is 7.58. The summed E-state index contributed by atoms with van der Waals surface area (Å²) >= 11 is 0. The van der Waals surface area contributed by atoms with Crippen molar-refractivity contribution in [1.29, 1.82) is 0 Å². The van der Waals surface area contributed by atoms with Gasteiger partial charge in [0.2, 0.25) is 0 Å². The highest BCUT2D eigenvalue weighted by Crippen LogP contribution is 2.41. The fourth-order valence-electron chi connectivity index (χ4n) is 5.51. The number of piperazine rings is 1. The van der Waals surface area contributed by atoms with E-state index in [0.29, 0.717) is 62.6 Å². The van der Waals surface area contributed by atoms with E-state index < -0.39 is 23.3 Å². The average molecular weight is 506 g/mol. The van der Waals surface area contributed by atoms with Crippen molar-refractivity contribution in [2.75, 3.05) is 50.8 Å². The minimum absolute atomic E-state index is 0.249. The zero-order chi connectivity index (χ0) is 25.5. The predicted molar refractivity (Wildman–Crippen MR) is 126 cm³/mol. The topological polar surface area (TPSA) is 62.3 Å². The van der Waals surface area contributed by atoms with Crippen LogP contribution in [0.15, 0.2) is 47.7 Å². The van der Waals surface area contributed by atoms with E-state index in [1.807, 2.05) is 17.2 Å². The molecule has 1 amide bonds. The van der Waals surface area contributed by atoms with Gasteiger partial charge in [0.15, 0.2) is 5.60 Å². The Morgan fingerprint density at radius 3 is 2.56 bits per heavy atom. The van der Waals surface area contributed by atoms with Crippen LogP contribution in [0.3, 0.4) is 0 Å². The summed E-state index contributed by atoms with van der Waals surface area (Å²) in [6, 6.07) is 5.51. The van der Waals surface area contributed by atoms with E-state index in [-0.39, 0.29) is 11.9 Å². The highest BCUT2D eigenvalue weighted by molar-refractivity contribution is 6.07. The highest BCUT2D eigenvalue weighted by Gasteiger charge is 2.50. The highest BCUT2D eigenvalue weighted by atomic mass is 19.4. The molecule has 194 valence electrons. The van der Waals surface area contributed by atoms with Gasteiger partial charge in [-0.3, -0.25) is 4.79 Å². The molecule has 10 heteroatoms. The number of alkyl halides is 3. The van der Waals surface area contributed by atoms with Gasteiger partial charge in [-0.2, -0.15) is 13.2 Å². The van der Waals surface area contributed by atoms with E-state index in [1.54, 1.807) is 17.9 Å². The van der Waals surface area contributed by atoms with Crippen LogP contribution in [0.4, 0.5) is 18.9 Å². The second-order valence-corrected chi connectivity index (χ2v) is 9.78. The van der Waals surface area contributed by atoms with Gasteiger partial charge in [0.1, 0.15) is 0 Å². The Morgan fingerprint density at radius 1 is 1.14 bits per heavy atom. The van der Waals surface area contributed by atoms with E-state index in [0.717, 1.165) is 31.6 Å². The van der Waals surface area contributed by atoms with Gasteiger partial charge < -0.3 is 24.2 Å². The van der Waals surface area contributed by atoms with Crippen LogP contribution < -0.4 is 4.90 Å². The molecule has 4 aliphatic rings. The second-order valence-electron chi connectivity index (χ2n) is 9.78. The van der Waals surface area contributed by atoms with Crippen LogP contribution in [-0.4, -0.2) is 79.3 Å². The summed E-state index contributed by atoms with van der Waals surface area (Å²) in [5.41, 5.74) is -0.608. The van der Waals surface area contributed by atoms with Crippen molar-refractivity contribution < 1.29 is 32.2 Å². The first-order valence-corrected chi connectivity index (χ1v) is 12.4. The summed E-state index contributed by atoms with van der Waals surface area (Å²) in [4.78, 5) is 31.9. The van der Waals surface area contributed by atoms with Crippen molar-refractivity contribution in [2.45, 2.75) is 44.0 Å². The van der Waals surface area contributed by atoms with E-state index in [9.17, 15) is 22.8 Å². The van der Waals surface area contributed by atoms with Gasteiger partial charge in [-0.15, -0.1) is 0 Å². The molecule has 0 aromatic heterocycles. The maximum Gasteiger partial charge on any atom is 0.416 e. The van der Waals surface area contributed by atoms with Gasteiger partial charge in [0.05, 0.1) is 23.8 Å². The van der Waals surface area contributed by atoms with Crippen molar-refractivity contribution >= 4 is 17.6 Å². The maximum atomic E-state index is 13.6. The number of esters is 1. The van der Waals surface area contributed by atoms with E-state index >= 15 is 0 Å². The molecule has 2 fully saturated rings. The average Bonchev–Trinajstić information content (AvgIpc) is 3.13. The van der Waals surface area contributed by atoms with Crippen LogP contribution in [0.1, 0.15) is 31.7 Å². The first-order valence-electron chi connectivity index (χ1n) is 12.4. The molecule has 2 saturated heterocycles. The standard InChI is InChI=1S/C26H30F3N3O4/c1-18-22(25(36-24(18)34)7-9-30(10-8-25)21-6-3-15-35-17-21)23(33)32-13-11-31(12-14-32)20-5-2-4-19(16-20)26(27,28)29/h2,4-5,7,9,16,21H,3,6,8,10-15,17H2,1H3. The summed E-state index contributed by atoms with van der Waals surface area (Å²) in [6.45, 7) is 5.17. The monoisotopic (exact) mass is 505 g/mol. The molecule has 0 bridgehead atoms. The zero-order valence-corrected chi connectivity index (χ0v) is 20.2. The molecule has 0 radical (unpaired) electrons. The molecular formula is C26H30F3N3O4. The first-order chi connectivity index (χ1) is 17.2. The second kappa shape index (κ2) is 9.46. The number of carbonyl (C=O) groups excluding carboxylic acids is 2. The quantitative estimate of drug-likeness (QED) is 0.588. The first kappa shape index (κ1) is 24.7. The minimum Gasteiger partial charge on any atom is -0.446 e. The molecule has 4 heterocycles. The van der Waals surface area contributed by atoms with Crippen LogP contribution >= 0.6 is 0 Å². The summed E-state index contributed by atoms with van der Waals surface area (Å²) in [6.07, 6.45) is 1.86. The molecule has 5 rings (SSSR count). The van der Waals surface area contributed by atoms with E-state index in [1.165, 1.54) is 6.07 Å². The van der Waals surface area contributed by atoms with Crippen LogP contribution in [0.2, 0.25) is 0 Å². The number of amides is 1. The lowest BCUT2D eigenvalue weighted by Crippen LogP contribution is -2.52. The molecule has 1 aromatic rings. The van der Waals surface area contributed by atoms with Crippen LogP contribution in [-0.2, 0) is 25.2 Å². The van der Waals surface area contributed by atoms with Gasteiger partial charge in [0.25, 0.3) is 5.91 Å². The molecule has 0 aliphatic carbocycles. The lowest BCUT2D eigenvalue weighted by atomic mass is 9.85. The number of halogens is 3. The van der Waals surface area contributed by atoms with Crippen LogP contribution in [0, 0.1) is 0 Å². The number of carbonyl (C=O) groups is 2. The Bertz CT molecular complexity index is 1090. The number of anilines is 1. The Labute approximate surface area is 208 Å². The smallest absolute Gasteiger partial charge is 0.416 e. The lowest BCUT2D eigenvalue weighted by molar-refractivity contribution is -0.145. The molecule has 2 atom stereocenters. The third kappa shape index (κ3) is 4.58. The number of nitrogens with zero attached hydrogens (tertiary/aromatic N) is 3. The zero-order valence-electron chi connectivity index (χ0n) is 20.2. The van der Waals surface area contributed by atoms with Crippen molar-refractivity contribution in [3.63, 3.8) is 0 Å². The van der Waals surface area contributed by atoms with Crippen molar-refractivity contribution in [3.8, 4) is 0 Å². The third-order valence-electron chi connectivity index (χ3n) is 7.58. The normalized spacial score (nSPS) is 27.2. The molecule has 2 unspecified atom stereocenters. The Kier molecular flexibility index (Phi) is 6.48. The summed E-state index contributed by atoms with van der Waals surface area (Å²) in [5, 5.41) is 0. The molecule has 0 saturated carbocycles. The molecule has 1 aromatic carbocycles. The van der Waals surface area contributed by atoms with E-state index in [4.69, 9.17) is 9.47 Å². The number of hydrogen-bond donors (Lipinski definition) is 0. The van der Waals surface area contributed by atoms with Gasteiger partial charge in [-0.25, -0.2) is 4.79 Å². The molecule has 0 N–H and O–H groups in total. The maximum absolute atomic E-state index is 13.6. The molecule has 4 aliphatic heterocycles. The van der Waals surface area contributed by atoms with Crippen LogP contribution in [0.25, 0.3) is 0 Å². The Hall–Kier alpha value is -3.01. The summed E-state index contributed by atoms with van der Waals surface area (Å²) in [5.74, 6) is -0.735. The fourth-order valence-corrected chi connectivity index (χ4v) is 5.51. The predicted octanol–water partition coefficient (Wildman–Crippen LogP) is 3.36. The van der Waals surface area contributed by atoms with Gasteiger partial charge >= 0.3 is 12.1 Å². The van der Waals surface area contributed by atoms with Gasteiger partial charge in [0, 0.05) is 57.0 Å². The largest absolute Gasteiger partial charge is 0.446 e. The Morgan fingerprint density at radius 2 is 1.92 bits per heavy atom.